The SMILES string of the molecule is CC(C)(C)OC(=O)N1CCN(SC2=CC=CCC=C2N)CC1. The number of carbonyl (C=O) groups excluding carboxylic acids is 1. The fraction of sp³-hybridized carbons (Fsp3) is 0.562. The third-order valence-corrected chi connectivity index (χ3v) is 4.45. The quantitative estimate of drug-likeness (QED) is 0.792. The Kier molecular flexibility index (Phi) is 5.58. The first-order valence-electron chi connectivity index (χ1n) is 7.59. The third kappa shape index (κ3) is 5.10. The van der Waals surface area contributed by atoms with Crippen LogP contribution in [0.2, 0.25) is 0 Å². The molecule has 1 fully saturated rings. The average Bonchev–Trinajstić information content (AvgIpc) is 2.63. The first kappa shape index (κ1) is 17.0. The second-order valence-corrected chi connectivity index (χ2v) is 7.48. The van der Waals surface area contributed by atoms with E-state index in [1.54, 1.807) is 16.8 Å². The Morgan fingerprint density at radius 2 is 1.95 bits per heavy atom. The van der Waals surface area contributed by atoms with E-state index in [1.807, 2.05) is 39.0 Å². The predicted molar refractivity (Wildman–Crippen MR) is 91.1 cm³/mol. The molecule has 2 rings (SSSR count). The second kappa shape index (κ2) is 7.24. The number of hydrogen-bond acceptors (Lipinski definition) is 5. The Morgan fingerprint density at radius 1 is 1.27 bits per heavy atom. The van der Waals surface area contributed by atoms with E-state index in [0.717, 1.165) is 30.1 Å². The molecule has 0 unspecified atom stereocenters. The van der Waals surface area contributed by atoms with Crippen molar-refractivity contribution in [3.05, 3.63) is 34.9 Å². The van der Waals surface area contributed by atoms with Crippen molar-refractivity contribution in [1.29, 1.82) is 0 Å². The molecule has 0 spiro atoms. The molecule has 22 heavy (non-hydrogen) atoms. The molecule has 1 amide bonds. The molecule has 0 atom stereocenters. The van der Waals surface area contributed by atoms with Crippen LogP contribution in [0.25, 0.3) is 0 Å². The molecule has 1 aliphatic carbocycles. The lowest BCUT2D eigenvalue weighted by atomic mass is 10.2. The molecule has 0 saturated carbocycles. The molecule has 5 nitrogen and oxygen atoms in total. The van der Waals surface area contributed by atoms with Crippen LogP contribution < -0.4 is 5.73 Å². The molecule has 1 heterocycles. The first-order chi connectivity index (χ1) is 10.3. The summed E-state index contributed by atoms with van der Waals surface area (Å²) in [5.74, 6) is 0. The van der Waals surface area contributed by atoms with Gasteiger partial charge in [0.25, 0.3) is 0 Å². The van der Waals surface area contributed by atoms with Gasteiger partial charge in [0.05, 0.1) is 0 Å². The van der Waals surface area contributed by atoms with Gasteiger partial charge in [0.15, 0.2) is 0 Å². The maximum atomic E-state index is 12.0. The van der Waals surface area contributed by atoms with Gasteiger partial charge < -0.3 is 15.4 Å². The Balaban J connectivity index is 1.84. The van der Waals surface area contributed by atoms with Crippen LogP contribution in [0, 0.1) is 0 Å². The standard InChI is InChI=1S/C16H25N3O2S/c1-16(2,3)21-15(20)18-9-11-19(12-10-18)22-14-8-6-4-5-7-13(14)17/h4,6-8H,5,9-12,17H2,1-3H3. The smallest absolute Gasteiger partial charge is 0.410 e. The second-order valence-electron chi connectivity index (χ2n) is 6.34. The fourth-order valence-corrected chi connectivity index (χ4v) is 3.09. The highest BCUT2D eigenvalue weighted by Crippen LogP contribution is 2.28. The zero-order valence-electron chi connectivity index (χ0n) is 13.5. The Labute approximate surface area is 137 Å². The molecule has 1 aliphatic heterocycles. The highest BCUT2D eigenvalue weighted by Gasteiger charge is 2.26. The Hall–Kier alpha value is -1.40. The summed E-state index contributed by atoms with van der Waals surface area (Å²) in [7, 11) is 0. The van der Waals surface area contributed by atoms with Gasteiger partial charge in [-0.15, -0.1) is 0 Å². The van der Waals surface area contributed by atoms with Crippen molar-refractivity contribution in [3.8, 4) is 0 Å². The molecule has 1 saturated heterocycles. The molecule has 0 aromatic rings. The number of nitrogens with two attached hydrogens (primary N) is 1. The van der Waals surface area contributed by atoms with Crippen LogP contribution in [0.15, 0.2) is 34.9 Å². The molecule has 2 aliphatic rings. The summed E-state index contributed by atoms with van der Waals surface area (Å²) in [5.41, 5.74) is 6.44. The zero-order valence-corrected chi connectivity index (χ0v) is 14.4. The number of rotatable bonds is 2. The van der Waals surface area contributed by atoms with E-state index >= 15 is 0 Å². The van der Waals surface area contributed by atoms with Crippen LogP contribution in [0.1, 0.15) is 27.2 Å². The summed E-state index contributed by atoms with van der Waals surface area (Å²) in [4.78, 5) is 14.9. The summed E-state index contributed by atoms with van der Waals surface area (Å²) < 4.78 is 7.65. The minimum atomic E-state index is -0.445. The molecule has 6 heteroatoms. The van der Waals surface area contributed by atoms with Crippen molar-refractivity contribution < 1.29 is 9.53 Å². The van der Waals surface area contributed by atoms with Crippen molar-refractivity contribution in [3.63, 3.8) is 0 Å². The van der Waals surface area contributed by atoms with Crippen molar-refractivity contribution in [2.45, 2.75) is 32.8 Å². The molecule has 0 aromatic heterocycles. The van der Waals surface area contributed by atoms with Gasteiger partial charge in [0.1, 0.15) is 5.60 Å². The number of carbonyl (C=O) groups is 1. The van der Waals surface area contributed by atoms with Gasteiger partial charge >= 0.3 is 6.09 Å². The molecule has 122 valence electrons. The summed E-state index contributed by atoms with van der Waals surface area (Å²) in [6.45, 7) is 8.62. The van der Waals surface area contributed by atoms with Crippen LogP contribution in [0.4, 0.5) is 4.79 Å². The maximum absolute atomic E-state index is 12.0. The Bertz CT molecular complexity index is 498. The van der Waals surface area contributed by atoms with Gasteiger partial charge in [-0.1, -0.05) is 18.2 Å². The lowest BCUT2D eigenvalue weighted by molar-refractivity contribution is 0.0198. The fourth-order valence-electron chi connectivity index (χ4n) is 2.14. The average molecular weight is 323 g/mol. The first-order valence-corrected chi connectivity index (χ1v) is 8.36. The maximum Gasteiger partial charge on any atom is 0.410 e. The molecular formula is C16H25N3O2S. The van der Waals surface area contributed by atoms with Crippen LogP contribution in [-0.4, -0.2) is 47.1 Å². The van der Waals surface area contributed by atoms with Gasteiger partial charge in [-0.2, -0.15) is 0 Å². The number of piperazine rings is 1. The normalized spacial score (nSPS) is 20.2. The summed E-state index contributed by atoms with van der Waals surface area (Å²) >= 11 is 1.66. The van der Waals surface area contributed by atoms with Crippen LogP contribution >= 0.6 is 11.9 Å². The molecule has 2 N–H and O–H groups in total. The van der Waals surface area contributed by atoms with Gasteiger partial charge in [0.2, 0.25) is 0 Å². The lowest BCUT2D eigenvalue weighted by Gasteiger charge is -2.35. The van der Waals surface area contributed by atoms with E-state index < -0.39 is 5.60 Å². The van der Waals surface area contributed by atoms with E-state index in [1.165, 1.54) is 0 Å². The zero-order chi connectivity index (χ0) is 16.2. The van der Waals surface area contributed by atoms with Gasteiger partial charge in [0, 0.05) is 36.8 Å². The van der Waals surface area contributed by atoms with E-state index in [9.17, 15) is 4.79 Å². The van der Waals surface area contributed by atoms with Gasteiger partial charge in [-0.05, 0) is 45.2 Å². The van der Waals surface area contributed by atoms with Gasteiger partial charge in [-0.25, -0.2) is 9.10 Å². The summed E-state index contributed by atoms with van der Waals surface area (Å²) in [6.07, 6.45) is 8.84. The molecule has 0 bridgehead atoms. The van der Waals surface area contributed by atoms with Crippen molar-refractivity contribution in [2.75, 3.05) is 26.2 Å². The lowest BCUT2D eigenvalue weighted by Crippen LogP contribution is -2.48. The van der Waals surface area contributed by atoms with Crippen molar-refractivity contribution in [2.24, 2.45) is 5.73 Å². The molecule has 0 radical (unpaired) electrons. The number of ether oxygens (including phenoxy) is 1. The number of nitrogens with zero attached hydrogens (tertiary/aromatic N) is 2. The number of allylic oxidation sites excluding steroid dienone is 4. The summed E-state index contributed by atoms with van der Waals surface area (Å²) in [6, 6.07) is 0. The van der Waals surface area contributed by atoms with E-state index in [0.29, 0.717) is 13.1 Å². The predicted octanol–water partition coefficient (Wildman–Crippen LogP) is 2.87. The molecular weight excluding hydrogens is 298 g/mol. The van der Waals surface area contributed by atoms with E-state index in [-0.39, 0.29) is 6.09 Å². The van der Waals surface area contributed by atoms with E-state index in [4.69, 9.17) is 10.5 Å². The Morgan fingerprint density at radius 3 is 2.59 bits per heavy atom. The monoisotopic (exact) mass is 323 g/mol. The summed E-state index contributed by atoms with van der Waals surface area (Å²) in [5, 5.41) is 0. The van der Waals surface area contributed by atoms with Crippen molar-refractivity contribution >= 4 is 18.0 Å². The number of hydrogen-bond donors (Lipinski definition) is 1. The minimum Gasteiger partial charge on any atom is -0.444 e. The van der Waals surface area contributed by atoms with Gasteiger partial charge in [-0.3, -0.25) is 0 Å². The highest BCUT2D eigenvalue weighted by atomic mass is 32.2. The number of amides is 1. The molecule has 0 aromatic carbocycles. The largest absolute Gasteiger partial charge is 0.444 e. The third-order valence-electron chi connectivity index (χ3n) is 3.26. The topological polar surface area (TPSA) is 58.8 Å². The van der Waals surface area contributed by atoms with Crippen LogP contribution in [0.5, 0.6) is 0 Å². The van der Waals surface area contributed by atoms with Crippen molar-refractivity contribution in [1.82, 2.24) is 9.21 Å². The highest BCUT2D eigenvalue weighted by molar-refractivity contribution is 8.01. The van der Waals surface area contributed by atoms with Crippen LogP contribution in [-0.2, 0) is 4.74 Å². The van der Waals surface area contributed by atoms with E-state index in [2.05, 4.69) is 10.4 Å². The minimum absolute atomic E-state index is 0.229. The van der Waals surface area contributed by atoms with Crippen LogP contribution in [0.3, 0.4) is 0 Å².